The normalized spacial score (nSPS) is 13.8. The molecule has 2 heterocycles. The van der Waals surface area contributed by atoms with E-state index in [0.717, 1.165) is 6.42 Å². The zero-order valence-electron chi connectivity index (χ0n) is 10.8. The number of hydrogen-bond donors (Lipinski definition) is 2. The zero-order chi connectivity index (χ0) is 13.2. The highest BCUT2D eigenvalue weighted by molar-refractivity contribution is 5.39. The van der Waals surface area contributed by atoms with E-state index < -0.39 is 0 Å². The van der Waals surface area contributed by atoms with Crippen molar-refractivity contribution in [3.63, 3.8) is 0 Å². The number of aromatic amines is 1. The van der Waals surface area contributed by atoms with Crippen LogP contribution in [0.5, 0.6) is 0 Å². The summed E-state index contributed by atoms with van der Waals surface area (Å²) in [7, 11) is 0. The lowest BCUT2D eigenvalue weighted by molar-refractivity contribution is 0.287. The van der Waals surface area contributed by atoms with E-state index in [9.17, 15) is 0 Å². The van der Waals surface area contributed by atoms with Gasteiger partial charge in [-0.2, -0.15) is 10.1 Å². The number of H-pyrrole nitrogens is 1. The maximum Gasteiger partial charge on any atom is 0.239 e. The highest BCUT2D eigenvalue weighted by Gasteiger charge is 2.24. The number of nitrogens with one attached hydrogen (secondary N) is 1. The van der Waals surface area contributed by atoms with Crippen LogP contribution in [0.1, 0.15) is 39.0 Å². The molecule has 2 aromatic heterocycles. The Morgan fingerprint density at radius 1 is 1.44 bits per heavy atom. The summed E-state index contributed by atoms with van der Waals surface area (Å²) in [6.45, 7) is 6.95. The maximum atomic E-state index is 5.78. The molecule has 2 aromatic rings. The van der Waals surface area contributed by atoms with Gasteiger partial charge in [0.1, 0.15) is 6.33 Å². The Morgan fingerprint density at radius 2 is 2.22 bits per heavy atom. The first-order chi connectivity index (χ1) is 8.49. The summed E-state index contributed by atoms with van der Waals surface area (Å²) in [6, 6.07) is 0. The number of nitrogens with zero attached hydrogens (tertiary/aromatic N) is 4. The average molecular weight is 250 g/mol. The molecule has 18 heavy (non-hydrogen) atoms. The van der Waals surface area contributed by atoms with E-state index >= 15 is 0 Å². The van der Waals surface area contributed by atoms with Crippen LogP contribution in [-0.4, -0.2) is 31.9 Å². The monoisotopic (exact) mass is 250 g/mol. The van der Waals surface area contributed by atoms with Gasteiger partial charge in [-0.3, -0.25) is 5.10 Å². The van der Waals surface area contributed by atoms with E-state index in [0.29, 0.717) is 24.1 Å². The van der Waals surface area contributed by atoms with Crippen LogP contribution in [0.15, 0.2) is 10.9 Å². The molecule has 0 aromatic carbocycles. The third-order valence-electron chi connectivity index (χ3n) is 2.56. The van der Waals surface area contributed by atoms with Gasteiger partial charge in [-0.25, -0.2) is 4.98 Å². The van der Waals surface area contributed by atoms with Crippen LogP contribution in [0.25, 0.3) is 11.6 Å². The van der Waals surface area contributed by atoms with Crippen LogP contribution >= 0.6 is 0 Å². The third-order valence-corrected chi connectivity index (χ3v) is 2.56. The molecule has 7 nitrogen and oxygen atoms in total. The summed E-state index contributed by atoms with van der Waals surface area (Å²) in [6.07, 6.45) is 2.29. The highest BCUT2D eigenvalue weighted by Crippen LogP contribution is 2.30. The molecule has 2 rings (SSSR count). The molecule has 0 aliphatic carbocycles. The third kappa shape index (κ3) is 2.92. The lowest BCUT2D eigenvalue weighted by atomic mass is 9.84. The van der Waals surface area contributed by atoms with Crippen LogP contribution in [0.3, 0.4) is 0 Å². The maximum absolute atomic E-state index is 5.78. The van der Waals surface area contributed by atoms with Crippen LogP contribution in [0, 0.1) is 5.41 Å². The molecule has 1 atom stereocenters. The van der Waals surface area contributed by atoms with Gasteiger partial charge in [0.25, 0.3) is 0 Å². The van der Waals surface area contributed by atoms with Crippen molar-refractivity contribution in [3.05, 3.63) is 12.2 Å². The largest absolute Gasteiger partial charge is 0.339 e. The van der Waals surface area contributed by atoms with Crippen molar-refractivity contribution in [2.75, 3.05) is 6.54 Å². The van der Waals surface area contributed by atoms with Crippen molar-refractivity contribution in [2.45, 2.75) is 33.1 Å². The van der Waals surface area contributed by atoms with Gasteiger partial charge in [-0.15, -0.1) is 0 Å². The molecule has 0 saturated carbocycles. The second-order valence-corrected chi connectivity index (χ2v) is 5.49. The smallest absolute Gasteiger partial charge is 0.239 e. The van der Waals surface area contributed by atoms with E-state index in [2.05, 4.69) is 46.1 Å². The molecule has 3 N–H and O–H groups in total. The lowest BCUT2D eigenvalue weighted by Gasteiger charge is -2.22. The number of aromatic nitrogens is 5. The molecule has 0 aliphatic heterocycles. The fraction of sp³-hybridized carbons (Fsp3) is 0.636. The minimum Gasteiger partial charge on any atom is -0.339 e. The average Bonchev–Trinajstić information content (AvgIpc) is 2.94. The van der Waals surface area contributed by atoms with Crippen molar-refractivity contribution in [2.24, 2.45) is 11.1 Å². The number of hydrogen-bond acceptors (Lipinski definition) is 6. The molecule has 1 unspecified atom stereocenters. The van der Waals surface area contributed by atoms with Gasteiger partial charge in [0.15, 0.2) is 5.82 Å². The van der Waals surface area contributed by atoms with Crippen molar-refractivity contribution in [3.8, 4) is 11.6 Å². The summed E-state index contributed by atoms with van der Waals surface area (Å²) in [4.78, 5) is 8.29. The predicted molar refractivity (Wildman–Crippen MR) is 65.5 cm³/mol. The zero-order valence-corrected chi connectivity index (χ0v) is 10.8. The number of nitrogens with two attached hydrogens (primary N) is 1. The molecular formula is C11H18N6O. The van der Waals surface area contributed by atoms with Crippen molar-refractivity contribution < 1.29 is 4.52 Å². The first kappa shape index (κ1) is 12.7. The molecule has 0 bridgehead atoms. The van der Waals surface area contributed by atoms with E-state index in [1.165, 1.54) is 6.33 Å². The molecule has 7 heteroatoms. The first-order valence-electron chi connectivity index (χ1n) is 5.89. The SMILES string of the molecule is CC(C)(C)CC(CN)c1nc(-c2ncn[nH]2)no1. The Bertz CT molecular complexity index is 484. The van der Waals surface area contributed by atoms with Crippen LogP contribution in [0.2, 0.25) is 0 Å². The van der Waals surface area contributed by atoms with E-state index in [-0.39, 0.29) is 11.3 Å². The van der Waals surface area contributed by atoms with Gasteiger partial charge >= 0.3 is 0 Å². The van der Waals surface area contributed by atoms with E-state index in [4.69, 9.17) is 10.3 Å². The summed E-state index contributed by atoms with van der Waals surface area (Å²) in [5.74, 6) is 1.53. The summed E-state index contributed by atoms with van der Waals surface area (Å²) in [5, 5.41) is 10.3. The summed E-state index contributed by atoms with van der Waals surface area (Å²) in [5.41, 5.74) is 5.93. The molecule has 0 aliphatic rings. The van der Waals surface area contributed by atoms with Crippen molar-refractivity contribution in [1.29, 1.82) is 0 Å². The van der Waals surface area contributed by atoms with Gasteiger partial charge in [0.05, 0.1) is 5.92 Å². The summed E-state index contributed by atoms with van der Waals surface area (Å²) >= 11 is 0. The molecule has 98 valence electrons. The Kier molecular flexibility index (Phi) is 3.42. The van der Waals surface area contributed by atoms with Gasteiger partial charge in [-0.05, 0) is 11.8 Å². The lowest BCUT2D eigenvalue weighted by Crippen LogP contribution is -2.19. The second-order valence-electron chi connectivity index (χ2n) is 5.49. The molecule has 0 radical (unpaired) electrons. The second kappa shape index (κ2) is 4.85. The van der Waals surface area contributed by atoms with Gasteiger partial charge in [-0.1, -0.05) is 25.9 Å². The fourth-order valence-corrected chi connectivity index (χ4v) is 1.82. The summed E-state index contributed by atoms with van der Waals surface area (Å²) < 4.78 is 5.26. The molecule has 0 fully saturated rings. The van der Waals surface area contributed by atoms with Crippen molar-refractivity contribution in [1.82, 2.24) is 25.3 Å². The first-order valence-corrected chi connectivity index (χ1v) is 5.89. The Hall–Kier alpha value is -1.76. The Labute approximate surface area is 105 Å². The number of rotatable bonds is 4. The predicted octanol–water partition coefficient (Wildman–Crippen LogP) is 1.33. The fourth-order valence-electron chi connectivity index (χ4n) is 1.82. The topological polar surface area (TPSA) is 107 Å². The van der Waals surface area contributed by atoms with Gasteiger partial charge < -0.3 is 10.3 Å². The molecule has 0 spiro atoms. The minimum absolute atomic E-state index is 0.0640. The molecule has 0 saturated heterocycles. The van der Waals surface area contributed by atoms with E-state index in [1.54, 1.807) is 0 Å². The highest BCUT2D eigenvalue weighted by atomic mass is 16.5. The van der Waals surface area contributed by atoms with Crippen LogP contribution in [-0.2, 0) is 0 Å². The van der Waals surface area contributed by atoms with Gasteiger partial charge in [0, 0.05) is 6.54 Å². The molecule has 0 amide bonds. The Balaban J connectivity index is 2.18. The minimum atomic E-state index is 0.0640. The van der Waals surface area contributed by atoms with Crippen LogP contribution < -0.4 is 5.73 Å². The van der Waals surface area contributed by atoms with Crippen LogP contribution in [0.4, 0.5) is 0 Å². The Morgan fingerprint density at radius 3 is 2.78 bits per heavy atom. The standard InChI is InChI=1S/C11H18N6O/c1-11(2,3)4-7(5-12)10-15-9(17-18-10)8-13-6-14-16-8/h6-7H,4-5,12H2,1-3H3,(H,13,14,16). The van der Waals surface area contributed by atoms with Crippen molar-refractivity contribution >= 4 is 0 Å². The van der Waals surface area contributed by atoms with Gasteiger partial charge in [0.2, 0.25) is 11.7 Å². The quantitative estimate of drug-likeness (QED) is 0.847. The molecular weight excluding hydrogens is 232 g/mol. The van der Waals surface area contributed by atoms with E-state index in [1.807, 2.05) is 0 Å².